The van der Waals surface area contributed by atoms with Gasteiger partial charge in [-0.2, -0.15) is 5.10 Å². The molecule has 0 saturated carbocycles. The Hall–Kier alpha value is -3.13. The van der Waals surface area contributed by atoms with E-state index in [9.17, 15) is 4.79 Å². The van der Waals surface area contributed by atoms with Gasteiger partial charge in [0.15, 0.2) is 18.3 Å². The summed E-state index contributed by atoms with van der Waals surface area (Å²) in [7, 11) is 0. The highest BCUT2D eigenvalue weighted by molar-refractivity contribution is 9.10. The molecule has 7 nitrogen and oxygen atoms in total. The molecule has 0 aliphatic carbocycles. The first-order valence-corrected chi connectivity index (χ1v) is 8.43. The van der Waals surface area contributed by atoms with Gasteiger partial charge in [0.2, 0.25) is 0 Å². The van der Waals surface area contributed by atoms with Crippen LogP contribution in [0, 0.1) is 0 Å². The Balaban J connectivity index is 1.56. The summed E-state index contributed by atoms with van der Waals surface area (Å²) in [6, 6.07) is 17.9. The summed E-state index contributed by atoms with van der Waals surface area (Å²) in [5.74, 6) is 0.0938. The number of aromatic nitrogens is 2. The van der Waals surface area contributed by atoms with Crippen molar-refractivity contribution in [1.29, 1.82) is 0 Å². The molecule has 0 fully saturated rings. The number of ether oxygens (including phenoxy) is 1. The minimum Gasteiger partial charge on any atom is -0.471 e. The molecule has 3 aromatic rings. The van der Waals surface area contributed by atoms with Gasteiger partial charge in [-0.3, -0.25) is 0 Å². The average molecular weight is 415 g/mol. The van der Waals surface area contributed by atoms with E-state index in [0.29, 0.717) is 11.3 Å². The molecule has 2 aromatic carbocycles. The third kappa shape index (κ3) is 4.70. The van der Waals surface area contributed by atoms with Crippen molar-refractivity contribution >= 4 is 27.7 Å². The summed E-state index contributed by atoms with van der Waals surface area (Å²) in [5.41, 5.74) is 6.54. The van der Waals surface area contributed by atoms with Crippen LogP contribution in [0.15, 0.2) is 76.5 Å². The highest BCUT2D eigenvalue weighted by atomic mass is 79.9. The highest BCUT2D eigenvalue weighted by Crippen LogP contribution is 2.16. The molecule has 0 saturated heterocycles. The minimum absolute atomic E-state index is 0.106. The van der Waals surface area contributed by atoms with Crippen molar-refractivity contribution in [2.24, 2.45) is 10.9 Å². The molecule has 0 unspecified atom stereocenters. The second-order valence-corrected chi connectivity index (χ2v) is 6.10. The molecule has 0 atom stereocenters. The second kappa shape index (κ2) is 8.30. The topological polar surface area (TPSA) is 91.7 Å². The summed E-state index contributed by atoms with van der Waals surface area (Å²) >= 11 is 3.36. The summed E-state index contributed by atoms with van der Waals surface area (Å²) in [6.45, 7) is 0.157. The summed E-state index contributed by atoms with van der Waals surface area (Å²) in [6.07, 6.45) is 1.61. The molecule has 0 amide bonds. The lowest BCUT2D eigenvalue weighted by atomic mass is 10.2. The number of amidine groups is 1. The molecule has 26 heavy (non-hydrogen) atoms. The molecule has 0 aliphatic rings. The normalized spacial score (nSPS) is 11.2. The number of carbonyl (C=O) groups is 1. The van der Waals surface area contributed by atoms with Gasteiger partial charge in [-0.05, 0) is 30.3 Å². The lowest BCUT2D eigenvalue weighted by molar-refractivity contribution is 0.0507. The number of nitrogens with zero attached hydrogens (tertiary/aromatic N) is 3. The SMILES string of the molecule is N/C(=N\OC(=O)c1ccn(COc2ccc(Br)cc2)n1)c1ccccc1. The molecule has 3 rings (SSSR count). The van der Waals surface area contributed by atoms with Crippen molar-refractivity contribution in [3.8, 4) is 5.75 Å². The van der Waals surface area contributed by atoms with Gasteiger partial charge in [-0.1, -0.05) is 51.4 Å². The highest BCUT2D eigenvalue weighted by Gasteiger charge is 2.12. The van der Waals surface area contributed by atoms with Crippen LogP contribution in [-0.2, 0) is 11.6 Å². The van der Waals surface area contributed by atoms with E-state index in [1.165, 1.54) is 10.7 Å². The van der Waals surface area contributed by atoms with Crippen LogP contribution in [0.1, 0.15) is 16.1 Å². The molecule has 0 spiro atoms. The average Bonchev–Trinajstić information content (AvgIpc) is 3.15. The minimum atomic E-state index is -0.703. The smallest absolute Gasteiger partial charge is 0.385 e. The van der Waals surface area contributed by atoms with Crippen LogP contribution in [-0.4, -0.2) is 21.6 Å². The first-order valence-electron chi connectivity index (χ1n) is 7.64. The van der Waals surface area contributed by atoms with Gasteiger partial charge in [-0.25, -0.2) is 9.48 Å². The molecule has 8 heteroatoms. The lowest BCUT2D eigenvalue weighted by Crippen LogP contribution is -2.15. The number of hydrogen-bond acceptors (Lipinski definition) is 5. The largest absolute Gasteiger partial charge is 0.471 e. The van der Waals surface area contributed by atoms with Crippen LogP contribution in [0.4, 0.5) is 0 Å². The first kappa shape index (κ1) is 17.7. The van der Waals surface area contributed by atoms with Gasteiger partial charge in [0.25, 0.3) is 0 Å². The van der Waals surface area contributed by atoms with Crippen LogP contribution in [0.3, 0.4) is 0 Å². The van der Waals surface area contributed by atoms with Crippen molar-refractivity contribution in [2.75, 3.05) is 0 Å². The van der Waals surface area contributed by atoms with Crippen molar-refractivity contribution in [3.63, 3.8) is 0 Å². The van der Waals surface area contributed by atoms with Crippen LogP contribution in [0.2, 0.25) is 0 Å². The zero-order chi connectivity index (χ0) is 18.4. The van der Waals surface area contributed by atoms with Gasteiger partial charge < -0.3 is 15.3 Å². The Morgan fingerprint density at radius 1 is 1.12 bits per heavy atom. The molecule has 2 N–H and O–H groups in total. The van der Waals surface area contributed by atoms with Gasteiger partial charge in [0.05, 0.1) is 0 Å². The van der Waals surface area contributed by atoms with Crippen LogP contribution in [0.5, 0.6) is 5.75 Å². The Morgan fingerprint density at radius 2 is 1.85 bits per heavy atom. The Labute approximate surface area is 158 Å². The molecule has 1 aromatic heterocycles. The zero-order valence-electron chi connectivity index (χ0n) is 13.6. The Bertz CT molecular complexity index is 908. The number of oxime groups is 1. The standard InChI is InChI=1S/C18H15BrN4O3/c19-14-6-8-15(9-7-14)25-12-23-11-10-16(21-23)18(24)26-22-17(20)13-4-2-1-3-5-13/h1-11H,12H2,(H2,20,22). The molecule has 0 bridgehead atoms. The maximum Gasteiger partial charge on any atom is 0.385 e. The molecular formula is C18H15BrN4O3. The van der Waals surface area contributed by atoms with Crippen molar-refractivity contribution in [2.45, 2.75) is 6.73 Å². The first-order chi connectivity index (χ1) is 12.6. The van der Waals surface area contributed by atoms with E-state index in [0.717, 1.165) is 4.47 Å². The maximum absolute atomic E-state index is 12.0. The van der Waals surface area contributed by atoms with Crippen molar-refractivity contribution < 1.29 is 14.4 Å². The van der Waals surface area contributed by atoms with Crippen molar-refractivity contribution in [1.82, 2.24) is 9.78 Å². The Morgan fingerprint density at radius 3 is 2.58 bits per heavy atom. The van der Waals surface area contributed by atoms with Gasteiger partial charge in [-0.15, -0.1) is 0 Å². The van der Waals surface area contributed by atoms with Crippen molar-refractivity contribution in [3.05, 3.63) is 82.6 Å². The number of carbonyl (C=O) groups excluding carboxylic acids is 1. The van der Waals surface area contributed by atoms with E-state index in [4.69, 9.17) is 15.3 Å². The van der Waals surface area contributed by atoms with Gasteiger partial charge >= 0.3 is 5.97 Å². The molecule has 0 radical (unpaired) electrons. The van der Waals surface area contributed by atoms with E-state index in [-0.39, 0.29) is 18.3 Å². The predicted molar refractivity (Wildman–Crippen MR) is 99.6 cm³/mol. The number of nitrogens with two attached hydrogens (primary N) is 1. The fraction of sp³-hybridized carbons (Fsp3) is 0.0556. The zero-order valence-corrected chi connectivity index (χ0v) is 15.2. The number of hydrogen-bond donors (Lipinski definition) is 1. The van der Waals surface area contributed by atoms with Gasteiger partial charge in [0, 0.05) is 16.2 Å². The van der Waals surface area contributed by atoms with Crippen LogP contribution >= 0.6 is 15.9 Å². The number of benzene rings is 2. The summed E-state index contributed by atoms with van der Waals surface area (Å²) in [4.78, 5) is 16.8. The summed E-state index contributed by atoms with van der Waals surface area (Å²) in [5, 5.41) is 7.73. The fourth-order valence-corrected chi connectivity index (χ4v) is 2.28. The van der Waals surface area contributed by atoms with E-state index in [2.05, 4.69) is 26.2 Å². The van der Waals surface area contributed by atoms with E-state index in [1.54, 1.807) is 18.3 Å². The fourth-order valence-electron chi connectivity index (χ4n) is 2.01. The third-order valence-electron chi connectivity index (χ3n) is 3.32. The maximum atomic E-state index is 12.0. The quantitative estimate of drug-likeness (QED) is 0.289. The van der Waals surface area contributed by atoms with E-state index in [1.807, 2.05) is 42.5 Å². The molecule has 132 valence electrons. The lowest BCUT2D eigenvalue weighted by Gasteiger charge is -2.05. The monoisotopic (exact) mass is 414 g/mol. The third-order valence-corrected chi connectivity index (χ3v) is 3.85. The van der Waals surface area contributed by atoms with E-state index >= 15 is 0 Å². The predicted octanol–water partition coefficient (Wildman–Crippen LogP) is 3.16. The molecule has 0 aliphatic heterocycles. The van der Waals surface area contributed by atoms with E-state index < -0.39 is 5.97 Å². The van der Waals surface area contributed by atoms with Crippen LogP contribution < -0.4 is 10.5 Å². The summed E-state index contributed by atoms with van der Waals surface area (Å²) < 4.78 is 8.01. The van der Waals surface area contributed by atoms with Crippen LogP contribution in [0.25, 0.3) is 0 Å². The second-order valence-electron chi connectivity index (χ2n) is 5.19. The molecular weight excluding hydrogens is 400 g/mol. The Kier molecular flexibility index (Phi) is 5.65. The number of rotatable bonds is 6. The number of halogens is 1. The van der Waals surface area contributed by atoms with Gasteiger partial charge in [0.1, 0.15) is 5.75 Å². The molecule has 1 heterocycles.